The van der Waals surface area contributed by atoms with E-state index in [1.165, 1.54) is 0 Å². The third-order valence-corrected chi connectivity index (χ3v) is 4.08. The van der Waals surface area contributed by atoms with Crippen LogP contribution in [-0.2, 0) is 0 Å². The van der Waals surface area contributed by atoms with Crippen molar-refractivity contribution >= 4 is 29.2 Å². The van der Waals surface area contributed by atoms with Crippen molar-refractivity contribution in [3.05, 3.63) is 15.8 Å². The van der Waals surface area contributed by atoms with Gasteiger partial charge in [-0.2, -0.15) is 16.7 Å². The summed E-state index contributed by atoms with van der Waals surface area (Å²) in [6.07, 6.45) is 2.00. The molecule has 0 spiro atoms. The lowest BCUT2D eigenvalue weighted by atomic mass is 10.1. The van der Waals surface area contributed by atoms with E-state index in [4.69, 9.17) is 0 Å². The third kappa shape index (κ3) is 3.25. The zero-order chi connectivity index (χ0) is 13.8. The quantitative estimate of drug-likeness (QED) is 0.645. The number of hydrogen-bond donors (Lipinski definition) is 2. The fourth-order valence-corrected chi connectivity index (χ4v) is 3.14. The maximum absolute atomic E-state index is 11.1. The van der Waals surface area contributed by atoms with E-state index in [9.17, 15) is 10.1 Å². The van der Waals surface area contributed by atoms with Gasteiger partial charge < -0.3 is 10.6 Å². The second kappa shape index (κ2) is 6.05. The number of aryl methyl sites for hydroxylation is 1. The Morgan fingerprint density at radius 2 is 2.05 bits per heavy atom. The number of nitro groups is 1. The molecule has 0 aromatic carbocycles. The highest BCUT2D eigenvalue weighted by molar-refractivity contribution is 7.99. The number of rotatable bonds is 4. The lowest BCUT2D eigenvalue weighted by Gasteiger charge is -2.23. The molecule has 0 aliphatic carbocycles. The van der Waals surface area contributed by atoms with Crippen molar-refractivity contribution in [3.8, 4) is 0 Å². The predicted octanol–water partition coefficient (Wildman–Crippen LogP) is 2.04. The van der Waals surface area contributed by atoms with Crippen LogP contribution in [0.25, 0.3) is 0 Å². The molecule has 2 heterocycles. The zero-order valence-electron chi connectivity index (χ0n) is 11.0. The predicted molar refractivity (Wildman–Crippen MR) is 76.9 cm³/mol. The summed E-state index contributed by atoms with van der Waals surface area (Å²) in [5.74, 6) is 2.87. The Hall–Kier alpha value is -1.57. The maximum Gasteiger partial charge on any atom is 0.332 e. The van der Waals surface area contributed by atoms with Crippen LogP contribution in [-0.4, -0.2) is 39.5 Å². The van der Waals surface area contributed by atoms with Gasteiger partial charge in [0.25, 0.3) is 0 Å². The average Bonchev–Trinajstić information content (AvgIpc) is 2.38. The van der Waals surface area contributed by atoms with Crippen LogP contribution in [0.4, 0.5) is 17.5 Å². The highest BCUT2D eigenvalue weighted by atomic mass is 32.2. The van der Waals surface area contributed by atoms with E-state index >= 15 is 0 Å². The Kier molecular flexibility index (Phi) is 4.41. The zero-order valence-corrected chi connectivity index (χ0v) is 11.8. The van der Waals surface area contributed by atoms with Crippen LogP contribution in [0, 0.1) is 17.0 Å². The Labute approximate surface area is 115 Å². The van der Waals surface area contributed by atoms with E-state index in [-0.39, 0.29) is 11.7 Å². The van der Waals surface area contributed by atoms with Gasteiger partial charge in [0.2, 0.25) is 11.8 Å². The van der Waals surface area contributed by atoms with Crippen LogP contribution in [0.1, 0.15) is 18.5 Å². The summed E-state index contributed by atoms with van der Waals surface area (Å²) in [4.78, 5) is 19.0. The molecule has 7 nitrogen and oxygen atoms in total. The Morgan fingerprint density at radius 3 is 2.63 bits per heavy atom. The van der Waals surface area contributed by atoms with Gasteiger partial charge in [0.15, 0.2) is 0 Å². The van der Waals surface area contributed by atoms with Crippen molar-refractivity contribution in [2.24, 2.45) is 0 Å². The van der Waals surface area contributed by atoms with E-state index in [1.807, 2.05) is 11.8 Å². The molecule has 1 fully saturated rings. The average molecular weight is 283 g/mol. The van der Waals surface area contributed by atoms with Crippen LogP contribution in [0.5, 0.6) is 0 Å². The number of hydrogen-bond acceptors (Lipinski definition) is 7. The molecule has 104 valence electrons. The van der Waals surface area contributed by atoms with E-state index in [2.05, 4.69) is 20.6 Å². The van der Waals surface area contributed by atoms with E-state index < -0.39 is 4.92 Å². The van der Waals surface area contributed by atoms with Gasteiger partial charge in [-0.1, -0.05) is 0 Å². The number of aromatic nitrogens is 2. The van der Waals surface area contributed by atoms with E-state index in [0.29, 0.717) is 17.5 Å². The number of nitrogens with one attached hydrogen (secondary N) is 2. The first-order valence-electron chi connectivity index (χ1n) is 6.17. The van der Waals surface area contributed by atoms with Gasteiger partial charge in [0, 0.05) is 13.1 Å². The molecule has 0 saturated carbocycles. The first-order chi connectivity index (χ1) is 9.11. The summed E-state index contributed by atoms with van der Waals surface area (Å²) in [7, 11) is 1.70. The first kappa shape index (κ1) is 13.9. The van der Waals surface area contributed by atoms with Crippen molar-refractivity contribution in [2.45, 2.75) is 25.8 Å². The minimum Gasteiger partial charge on any atom is -0.361 e. The fraction of sp³-hybridized carbons (Fsp3) is 0.636. The smallest absolute Gasteiger partial charge is 0.332 e. The number of anilines is 2. The van der Waals surface area contributed by atoms with Gasteiger partial charge in [-0.05, 0) is 31.3 Å². The van der Waals surface area contributed by atoms with Crippen LogP contribution < -0.4 is 10.6 Å². The Morgan fingerprint density at radius 1 is 1.37 bits per heavy atom. The van der Waals surface area contributed by atoms with Gasteiger partial charge in [0.1, 0.15) is 5.69 Å². The topological polar surface area (TPSA) is 93.0 Å². The van der Waals surface area contributed by atoms with Crippen molar-refractivity contribution < 1.29 is 4.92 Å². The monoisotopic (exact) mass is 283 g/mol. The second-order valence-electron chi connectivity index (χ2n) is 4.37. The molecule has 1 aromatic rings. The minimum atomic E-state index is -0.422. The molecule has 1 aliphatic heterocycles. The summed E-state index contributed by atoms with van der Waals surface area (Å²) >= 11 is 1.91. The van der Waals surface area contributed by atoms with Gasteiger partial charge in [-0.15, -0.1) is 0 Å². The molecular formula is C11H17N5O2S. The normalized spacial score (nSPS) is 16.1. The standard InChI is InChI=1S/C11H17N5O2S/c1-7-9(16(17)18)10(15-11(12-2)13-7)14-8-3-5-19-6-4-8/h8H,3-6H2,1-2H3,(H2,12,13,14,15). The highest BCUT2D eigenvalue weighted by Crippen LogP contribution is 2.29. The van der Waals surface area contributed by atoms with Crippen molar-refractivity contribution in [1.29, 1.82) is 0 Å². The van der Waals surface area contributed by atoms with E-state index in [1.54, 1.807) is 14.0 Å². The van der Waals surface area contributed by atoms with E-state index in [0.717, 1.165) is 24.3 Å². The molecule has 8 heteroatoms. The first-order valence-corrected chi connectivity index (χ1v) is 7.32. The van der Waals surface area contributed by atoms with Crippen molar-refractivity contribution in [2.75, 3.05) is 29.2 Å². The second-order valence-corrected chi connectivity index (χ2v) is 5.59. The molecule has 2 N–H and O–H groups in total. The lowest BCUT2D eigenvalue weighted by molar-refractivity contribution is -0.385. The number of thioether (sulfide) groups is 1. The summed E-state index contributed by atoms with van der Waals surface area (Å²) in [5.41, 5.74) is 0.342. The molecule has 0 bridgehead atoms. The van der Waals surface area contributed by atoms with Crippen molar-refractivity contribution in [3.63, 3.8) is 0 Å². The molecule has 0 atom stereocenters. The summed E-state index contributed by atoms with van der Waals surface area (Å²) in [6.45, 7) is 1.63. The Bertz CT molecular complexity index is 476. The third-order valence-electron chi connectivity index (χ3n) is 3.03. The molecule has 19 heavy (non-hydrogen) atoms. The molecule has 1 saturated heterocycles. The summed E-state index contributed by atoms with van der Waals surface area (Å²) in [6, 6.07) is 0.249. The van der Waals surface area contributed by atoms with Crippen LogP contribution in [0.2, 0.25) is 0 Å². The summed E-state index contributed by atoms with van der Waals surface area (Å²) < 4.78 is 0. The minimum absolute atomic E-state index is 0.0303. The number of nitrogens with zero attached hydrogens (tertiary/aromatic N) is 3. The molecule has 2 rings (SSSR count). The van der Waals surface area contributed by atoms with Crippen LogP contribution in [0.3, 0.4) is 0 Å². The lowest BCUT2D eigenvalue weighted by Crippen LogP contribution is -2.26. The van der Waals surface area contributed by atoms with Crippen molar-refractivity contribution in [1.82, 2.24) is 9.97 Å². The maximum atomic E-state index is 11.1. The van der Waals surface area contributed by atoms with Gasteiger partial charge in [-0.25, -0.2) is 4.98 Å². The molecule has 0 radical (unpaired) electrons. The highest BCUT2D eigenvalue weighted by Gasteiger charge is 2.24. The molecule has 0 amide bonds. The van der Waals surface area contributed by atoms with Gasteiger partial charge >= 0.3 is 5.69 Å². The van der Waals surface area contributed by atoms with Crippen LogP contribution in [0.15, 0.2) is 0 Å². The SMILES string of the molecule is CNc1nc(C)c([N+](=O)[O-])c(NC2CCSCC2)n1. The molecular weight excluding hydrogens is 266 g/mol. The van der Waals surface area contributed by atoms with Crippen LogP contribution >= 0.6 is 11.8 Å². The van der Waals surface area contributed by atoms with Gasteiger partial charge in [-0.3, -0.25) is 10.1 Å². The summed E-state index contributed by atoms with van der Waals surface area (Å²) in [5, 5.41) is 17.2. The fourth-order valence-electron chi connectivity index (χ4n) is 2.03. The largest absolute Gasteiger partial charge is 0.361 e. The molecule has 1 aliphatic rings. The Balaban J connectivity index is 2.29. The van der Waals surface area contributed by atoms with Gasteiger partial charge in [0.05, 0.1) is 4.92 Å². The molecule has 0 unspecified atom stereocenters. The molecule has 1 aromatic heterocycles.